The lowest BCUT2D eigenvalue weighted by atomic mass is 10.1. The van der Waals surface area contributed by atoms with Crippen molar-refractivity contribution < 1.29 is 34.4 Å². The molecule has 0 aromatic rings. The average molecular weight is 577 g/mol. The highest BCUT2D eigenvalue weighted by Crippen LogP contribution is 2.06. The van der Waals surface area contributed by atoms with E-state index in [0.29, 0.717) is 32.4 Å². The molecule has 0 radical (unpaired) electrons. The molecular formula is C29H60N4O7. The molecule has 11 nitrogen and oxygen atoms in total. The molecule has 1 aliphatic heterocycles. The maximum Gasteiger partial charge on any atom is 0.151 e. The van der Waals surface area contributed by atoms with E-state index in [1.807, 2.05) is 19.0 Å². The number of carbonyl (C=O) groups excluding carboxylic acids is 3. The SMILES string of the molecule is C1CCOC1.CC(=O)CN(C)CCCC(O)O.CNC(CCCCN(C)CCCC(O)N(C)CC(C)=O)C(C)=O. The number of hydrogen-bond donors (Lipinski definition) is 4. The number of ketones is 3. The van der Waals surface area contributed by atoms with Crippen LogP contribution in [0.5, 0.6) is 0 Å². The van der Waals surface area contributed by atoms with Gasteiger partial charge in [-0.1, -0.05) is 6.42 Å². The van der Waals surface area contributed by atoms with Crippen molar-refractivity contribution in [2.24, 2.45) is 0 Å². The van der Waals surface area contributed by atoms with Gasteiger partial charge in [0, 0.05) is 13.2 Å². The first-order valence-corrected chi connectivity index (χ1v) is 14.7. The van der Waals surface area contributed by atoms with E-state index < -0.39 is 12.5 Å². The van der Waals surface area contributed by atoms with E-state index in [2.05, 4.69) is 17.3 Å². The van der Waals surface area contributed by atoms with Gasteiger partial charge in [0.2, 0.25) is 0 Å². The van der Waals surface area contributed by atoms with Crippen molar-refractivity contribution in [2.45, 2.75) is 97.1 Å². The molecule has 0 aromatic heterocycles. The van der Waals surface area contributed by atoms with Gasteiger partial charge in [-0.05, 0) is 120 Å². The lowest BCUT2D eigenvalue weighted by Gasteiger charge is -2.23. The van der Waals surface area contributed by atoms with Crippen LogP contribution in [0.15, 0.2) is 0 Å². The monoisotopic (exact) mass is 576 g/mol. The minimum absolute atomic E-state index is 0.0210. The molecule has 1 saturated heterocycles. The quantitative estimate of drug-likeness (QED) is 0.123. The Morgan fingerprint density at radius 1 is 0.750 bits per heavy atom. The average Bonchev–Trinajstić information content (AvgIpc) is 3.43. The zero-order valence-electron chi connectivity index (χ0n) is 26.4. The third kappa shape index (κ3) is 28.2. The van der Waals surface area contributed by atoms with Crippen LogP contribution in [0.3, 0.4) is 0 Å². The number of hydrogen-bond acceptors (Lipinski definition) is 11. The maximum atomic E-state index is 11.3. The molecule has 0 saturated carbocycles. The first-order valence-electron chi connectivity index (χ1n) is 14.7. The molecule has 2 atom stereocenters. The molecule has 0 aliphatic carbocycles. The van der Waals surface area contributed by atoms with E-state index in [1.54, 1.807) is 18.9 Å². The zero-order chi connectivity index (χ0) is 30.9. The summed E-state index contributed by atoms with van der Waals surface area (Å²) in [6.45, 7) is 10.1. The Balaban J connectivity index is 0. The van der Waals surface area contributed by atoms with Crippen LogP contribution in [0.25, 0.3) is 0 Å². The number of rotatable bonds is 20. The highest BCUT2D eigenvalue weighted by molar-refractivity contribution is 5.81. The molecule has 0 amide bonds. The molecular weight excluding hydrogens is 516 g/mol. The number of likely N-dealkylation sites (N-methyl/N-ethyl adjacent to an activating group) is 3. The van der Waals surface area contributed by atoms with Crippen molar-refractivity contribution in [2.75, 3.05) is 74.1 Å². The summed E-state index contributed by atoms with van der Waals surface area (Å²) in [5, 5.41) is 30.0. The van der Waals surface area contributed by atoms with Gasteiger partial charge in [0.25, 0.3) is 0 Å². The van der Waals surface area contributed by atoms with Gasteiger partial charge >= 0.3 is 0 Å². The van der Waals surface area contributed by atoms with Gasteiger partial charge < -0.3 is 30.3 Å². The van der Waals surface area contributed by atoms with E-state index in [-0.39, 0.29) is 23.4 Å². The normalized spacial score (nSPS) is 14.6. The Hall–Kier alpha value is -1.31. The van der Waals surface area contributed by atoms with Crippen molar-refractivity contribution in [3.05, 3.63) is 0 Å². The van der Waals surface area contributed by atoms with Crippen molar-refractivity contribution in [1.82, 2.24) is 20.0 Å². The van der Waals surface area contributed by atoms with Gasteiger partial charge in [-0.25, -0.2) is 0 Å². The fourth-order valence-electron chi connectivity index (χ4n) is 4.13. The molecule has 0 spiro atoms. The molecule has 2 unspecified atom stereocenters. The van der Waals surface area contributed by atoms with Crippen molar-refractivity contribution in [1.29, 1.82) is 0 Å². The van der Waals surface area contributed by atoms with Crippen LogP contribution < -0.4 is 5.32 Å². The number of carbonyl (C=O) groups is 3. The minimum atomic E-state index is -1.23. The Labute approximate surface area is 243 Å². The Bertz CT molecular complexity index is 640. The van der Waals surface area contributed by atoms with Crippen LogP contribution in [0.4, 0.5) is 0 Å². The first-order chi connectivity index (χ1) is 18.8. The molecule has 4 N–H and O–H groups in total. The van der Waals surface area contributed by atoms with Crippen LogP contribution in [0, 0.1) is 0 Å². The van der Waals surface area contributed by atoms with Crippen LogP contribution in [-0.4, -0.2) is 140 Å². The summed E-state index contributed by atoms with van der Waals surface area (Å²) in [6.07, 6.45) is 6.37. The molecule has 1 fully saturated rings. The highest BCUT2D eigenvalue weighted by atomic mass is 16.5. The lowest BCUT2D eigenvalue weighted by molar-refractivity contribution is -0.120. The van der Waals surface area contributed by atoms with E-state index in [0.717, 1.165) is 58.5 Å². The fraction of sp³-hybridized carbons (Fsp3) is 0.897. The second-order valence-electron chi connectivity index (χ2n) is 10.9. The van der Waals surface area contributed by atoms with Crippen LogP contribution in [-0.2, 0) is 19.1 Å². The molecule has 0 bridgehead atoms. The van der Waals surface area contributed by atoms with Gasteiger partial charge in [0.15, 0.2) is 6.29 Å². The number of unbranched alkanes of at least 4 members (excludes halogenated alkanes) is 1. The maximum absolute atomic E-state index is 11.3. The smallest absolute Gasteiger partial charge is 0.151 e. The van der Waals surface area contributed by atoms with E-state index in [4.69, 9.17) is 14.9 Å². The van der Waals surface area contributed by atoms with Gasteiger partial charge in [-0.3, -0.25) is 24.2 Å². The van der Waals surface area contributed by atoms with Gasteiger partial charge in [0.1, 0.15) is 23.6 Å². The molecule has 238 valence electrons. The topological polar surface area (TPSA) is 143 Å². The second-order valence-corrected chi connectivity index (χ2v) is 10.9. The van der Waals surface area contributed by atoms with Crippen LogP contribution >= 0.6 is 0 Å². The summed E-state index contributed by atoms with van der Waals surface area (Å²) in [5.74, 6) is 0.390. The summed E-state index contributed by atoms with van der Waals surface area (Å²) in [5.41, 5.74) is 0. The van der Waals surface area contributed by atoms with Crippen molar-refractivity contribution >= 4 is 17.3 Å². The predicted molar refractivity (Wildman–Crippen MR) is 159 cm³/mol. The summed E-state index contributed by atoms with van der Waals surface area (Å²) in [7, 11) is 7.51. The van der Waals surface area contributed by atoms with Crippen molar-refractivity contribution in [3.63, 3.8) is 0 Å². The number of ether oxygens (including phenoxy) is 1. The minimum Gasteiger partial charge on any atom is -0.381 e. The molecule has 11 heteroatoms. The molecule has 1 aliphatic rings. The number of nitrogens with one attached hydrogen (secondary N) is 1. The third-order valence-electron chi connectivity index (χ3n) is 6.43. The Morgan fingerprint density at radius 3 is 1.73 bits per heavy atom. The first kappa shape index (κ1) is 40.8. The molecule has 1 heterocycles. The molecule has 1 rings (SSSR count). The highest BCUT2D eigenvalue weighted by Gasteiger charge is 2.13. The predicted octanol–water partition coefficient (Wildman–Crippen LogP) is 1.28. The number of aliphatic hydroxyl groups is 3. The van der Waals surface area contributed by atoms with Gasteiger partial charge in [-0.15, -0.1) is 0 Å². The van der Waals surface area contributed by atoms with Gasteiger partial charge in [-0.2, -0.15) is 0 Å². The number of Topliss-reactive ketones (excluding diaryl/α,β-unsaturated/α-hetero) is 3. The van der Waals surface area contributed by atoms with E-state index >= 15 is 0 Å². The van der Waals surface area contributed by atoms with Gasteiger partial charge in [0.05, 0.1) is 19.1 Å². The number of nitrogens with zero attached hydrogens (tertiary/aromatic N) is 3. The molecule has 40 heavy (non-hydrogen) atoms. The Kier molecular flexibility index (Phi) is 27.1. The summed E-state index contributed by atoms with van der Waals surface area (Å²) < 4.78 is 4.94. The van der Waals surface area contributed by atoms with E-state index in [9.17, 15) is 19.5 Å². The fourth-order valence-corrected chi connectivity index (χ4v) is 4.13. The third-order valence-corrected chi connectivity index (χ3v) is 6.43. The van der Waals surface area contributed by atoms with E-state index in [1.165, 1.54) is 26.7 Å². The lowest BCUT2D eigenvalue weighted by Crippen LogP contribution is -2.35. The standard InChI is InChI=1S/C17H35N3O3.C8H17NO3.C4H8O/c1-14(21)13-20(5)17(23)10-8-12-19(4)11-7-6-9-16(18-3)15(2)22;1-7(10)6-9(2)5-3-4-8(11)12;1-2-4-5-3-1/h16-18,23H,6-13H2,1-5H3;8,11-12H,3-6H2,1-2H3;1-4H2. The largest absolute Gasteiger partial charge is 0.381 e. The van der Waals surface area contributed by atoms with Crippen LogP contribution in [0.1, 0.15) is 78.6 Å². The zero-order valence-corrected chi connectivity index (χ0v) is 26.4. The summed E-state index contributed by atoms with van der Waals surface area (Å²) >= 11 is 0. The summed E-state index contributed by atoms with van der Waals surface area (Å²) in [4.78, 5) is 38.7. The van der Waals surface area contributed by atoms with Crippen molar-refractivity contribution in [3.8, 4) is 0 Å². The summed E-state index contributed by atoms with van der Waals surface area (Å²) in [6, 6.07) is -0.0210. The second kappa shape index (κ2) is 26.6. The Morgan fingerprint density at radius 2 is 1.27 bits per heavy atom. The number of aliphatic hydroxyl groups excluding tert-OH is 2. The molecule has 0 aromatic carbocycles. The van der Waals surface area contributed by atoms with Crippen LogP contribution in [0.2, 0.25) is 0 Å².